The summed E-state index contributed by atoms with van der Waals surface area (Å²) in [6.45, 7) is -0.159. The van der Waals surface area contributed by atoms with Crippen molar-refractivity contribution >= 4 is 36.6 Å². The normalized spacial score (nSPS) is 34.7. The van der Waals surface area contributed by atoms with E-state index >= 15 is 0 Å². The Hall–Kier alpha value is -0.400. The molecule has 2 fully saturated rings. The number of nitrogen functional groups attached to an aromatic ring is 1. The summed E-state index contributed by atoms with van der Waals surface area (Å²) in [5, 5.41) is 10.2. The largest absolute Gasteiger partial charge is 0.570 e. The highest BCUT2D eigenvalue weighted by molar-refractivity contribution is 14.1. The van der Waals surface area contributed by atoms with Crippen LogP contribution in [-0.2, 0) is 13.8 Å². The van der Waals surface area contributed by atoms with Crippen molar-refractivity contribution in [3.05, 3.63) is 20.3 Å². The van der Waals surface area contributed by atoms with Gasteiger partial charge in [0.25, 0.3) is 0 Å². The van der Waals surface area contributed by atoms with Crippen molar-refractivity contribution in [1.29, 1.82) is 0 Å². The van der Waals surface area contributed by atoms with Crippen LogP contribution in [0.5, 0.6) is 0 Å². The third-order valence-electron chi connectivity index (χ3n) is 3.18. The number of hydrogen-bond acceptors (Lipinski definition) is 9. The molecule has 0 spiro atoms. The quantitative estimate of drug-likeness (QED) is 0.316. The Balaban J connectivity index is 1.92. The van der Waals surface area contributed by atoms with Gasteiger partial charge in [0.05, 0.1) is 3.57 Å². The van der Waals surface area contributed by atoms with Gasteiger partial charge in [-0.1, -0.05) is 0 Å². The number of anilines is 1. The first-order valence-electron chi connectivity index (χ1n) is 5.84. The number of nitrogens with zero attached hydrogens (tertiary/aromatic N) is 2. The number of halogens is 1. The molecule has 0 unspecified atom stereocenters. The molecule has 10 nitrogen and oxygen atoms in total. The van der Waals surface area contributed by atoms with Gasteiger partial charge in [-0.15, -0.1) is 4.52 Å². The van der Waals surface area contributed by atoms with Crippen molar-refractivity contribution in [3.8, 4) is 0 Å². The van der Waals surface area contributed by atoms with Crippen LogP contribution in [0.4, 0.5) is 5.82 Å². The van der Waals surface area contributed by atoms with E-state index < -0.39 is 38.4 Å². The second kappa shape index (κ2) is 5.35. The maximum absolute atomic E-state index is 11.9. The molecule has 0 amide bonds. The minimum atomic E-state index is -3.96. The minimum absolute atomic E-state index is 0.0806. The Labute approximate surface area is 132 Å². The molecule has 3 rings (SSSR count). The van der Waals surface area contributed by atoms with E-state index in [-0.39, 0.29) is 12.4 Å². The number of aliphatic hydroxyl groups is 1. The maximum Gasteiger partial charge on any atom is 0.570 e. The average Bonchev–Trinajstić information content (AvgIpc) is 2.70. The molecule has 0 saturated carbocycles. The third kappa shape index (κ3) is 2.80. The topological polar surface area (TPSA) is 149 Å². The van der Waals surface area contributed by atoms with Gasteiger partial charge in [0.15, 0.2) is 12.3 Å². The second-order valence-corrected chi connectivity index (χ2v) is 7.19. The molecule has 21 heavy (non-hydrogen) atoms. The molecule has 1 aromatic rings. The first kappa shape index (κ1) is 15.5. The molecule has 3 heterocycles. The Morgan fingerprint density at radius 2 is 2.24 bits per heavy atom. The number of fused-ring (bicyclic) bond motifs is 1. The molecule has 0 aliphatic carbocycles. The predicted molar refractivity (Wildman–Crippen MR) is 77.7 cm³/mol. The molecule has 2 saturated heterocycles. The van der Waals surface area contributed by atoms with E-state index in [1.165, 1.54) is 6.20 Å². The molecule has 2 aliphatic heterocycles. The summed E-state index contributed by atoms with van der Waals surface area (Å²) in [5.74, 6) is 0.0806. The van der Waals surface area contributed by atoms with Gasteiger partial charge in [-0.25, -0.2) is 4.79 Å². The van der Waals surface area contributed by atoms with Crippen LogP contribution in [0.15, 0.2) is 11.0 Å². The minimum Gasteiger partial charge on any atom is -0.385 e. The van der Waals surface area contributed by atoms with Crippen molar-refractivity contribution in [2.24, 2.45) is 0 Å². The van der Waals surface area contributed by atoms with Crippen molar-refractivity contribution in [2.45, 2.75) is 24.5 Å². The Bertz CT molecular complexity index is 626. The first-order chi connectivity index (χ1) is 9.78. The standard InChI is InChI=1S/C9H11IN3O7P/c10-3-1-13(9(15)12-7(3)11)8-5(14)6-4(19-8)2-18-21(16,17)20-6/h1,4-6,8,14,16-17H,2H2,(H-,11,12,15)/p+1/t4-,5-,6-,8-/m1/s1. The average molecular weight is 432 g/mol. The van der Waals surface area contributed by atoms with Crippen LogP contribution < -0.4 is 11.4 Å². The van der Waals surface area contributed by atoms with Crippen LogP contribution in [-0.4, -0.2) is 49.4 Å². The van der Waals surface area contributed by atoms with Gasteiger partial charge in [-0.05, 0) is 22.6 Å². The maximum atomic E-state index is 11.9. The summed E-state index contributed by atoms with van der Waals surface area (Å²) in [5.41, 5.74) is 4.84. The summed E-state index contributed by atoms with van der Waals surface area (Å²) in [7, 11) is -3.96. The van der Waals surface area contributed by atoms with Gasteiger partial charge in [-0.3, -0.25) is 4.57 Å². The van der Waals surface area contributed by atoms with Crippen molar-refractivity contribution in [1.82, 2.24) is 9.55 Å². The lowest BCUT2D eigenvalue weighted by Gasteiger charge is -2.24. The van der Waals surface area contributed by atoms with Gasteiger partial charge in [0.2, 0.25) is 0 Å². The number of nitrogens with two attached hydrogens (primary N) is 1. The van der Waals surface area contributed by atoms with Gasteiger partial charge in [0, 0.05) is 6.20 Å². The molecular weight excluding hydrogens is 420 g/mol. The van der Waals surface area contributed by atoms with Gasteiger partial charge in [-0.2, -0.15) is 19.3 Å². The molecule has 0 bridgehead atoms. The Morgan fingerprint density at radius 3 is 2.95 bits per heavy atom. The highest BCUT2D eigenvalue weighted by atomic mass is 127. The Morgan fingerprint density at radius 1 is 1.52 bits per heavy atom. The molecule has 1 aromatic heterocycles. The Kier molecular flexibility index (Phi) is 3.95. The molecule has 0 radical (unpaired) electrons. The summed E-state index contributed by atoms with van der Waals surface area (Å²) in [4.78, 5) is 34.3. The van der Waals surface area contributed by atoms with Gasteiger partial charge in [0.1, 0.15) is 24.6 Å². The van der Waals surface area contributed by atoms with Crippen LogP contribution in [0.2, 0.25) is 0 Å². The van der Waals surface area contributed by atoms with E-state index in [0.29, 0.717) is 3.57 Å². The predicted octanol–water partition coefficient (Wildman–Crippen LogP) is -1.23. The second-order valence-electron chi connectivity index (χ2n) is 4.58. The van der Waals surface area contributed by atoms with Crippen LogP contribution in [0.25, 0.3) is 0 Å². The van der Waals surface area contributed by atoms with E-state index in [0.717, 1.165) is 4.57 Å². The fourth-order valence-electron chi connectivity index (χ4n) is 2.21. The zero-order valence-electron chi connectivity index (χ0n) is 10.4. The number of aromatic nitrogens is 2. The lowest BCUT2D eigenvalue weighted by atomic mass is 10.1. The summed E-state index contributed by atoms with van der Waals surface area (Å²) in [6, 6.07) is 0. The van der Waals surface area contributed by atoms with Crippen molar-refractivity contribution in [3.63, 3.8) is 0 Å². The van der Waals surface area contributed by atoms with E-state index in [2.05, 4.69) is 4.98 Å². The highest BCUT2D eigenvalue weighted by Crippen LogP contribution is 2.58. The smallest absolute Gasteiger partial charge is 0.385 e. The van der Waals surface area contributed by atoms with E-state index in [1.807, 2.05) is 22.6 Å². The number of aliphatic hydroxyl groups excluding tert-OH is 1. The van der Waals surface area contributed by atoms with Crippen LogP contribution in [0.1, 0.15) is 6.23 Å². The van der Waals surface area contributed by atoms with Gasteiger partial charge >= 0.3 is 13.9 Å². The van der Waals surface area contributed by atoms with E-state index in [4.69, 9.17) is 19.5 Å². The van der Waals surface area contributed by atoms with E-state index in [1.54, 1.807) is 0 Å². The summed E-state index contributed by atoms with van der Waals surface area (Å²) in [6.07, 6.45) is -2.68. The van der Waals surface area contributed by atoms with Crippen molar-refractivity contribution in [2.75, 3.05) is 12.3 Å². The number of hydrogen-bond donors (Lipinski definition) is 4. The lowest BCUT2D eigenvalue weighted by Crippen LogP contribution is -2.41. The molecule has 0 aromatic carbocycles. The molecular formula is C9H12IN3O7P+. The van der Waals surface area contributed by atoms with Crippen molar-refractivity contribution < 1.29 is 28.7 Å². The molecule has 116 valence electrons. The number of ether oxygens (including phenoxy) is 1. The zero-order chi connectivity index (χ0) is 15.4. The molecule has 12 heteroatoms. The SMILES string of the molecule is Nc1nc(=O)n([C@@H]2O[C@@H]3CO[P+](O)(O)O[C@H]3[C@H]2O)cc1I. The summed E-state index contributed by atoms with van der Waals surface area (Å²) >= 11 is 1.89. The molecule has 4 atom stereocenters. The van der Waals surface area contributed by atoms with E-state index in [9.17, 15) is 19.7 Å². The monoisotopic (exact) mass is 432 g/mol. The summed E-state index contributed by atoms with van der Waals surface area (Å²) < 4.78 is 16.7. The fraction of sp³-hybridized carbons (Fsp3) is 0.556. The van der Waals surface area contributed by atoms with Crippen LogP contribution >= 0.6 is 30.8 Å². The highest BCUT2D eigenvalue weighted by Gasteiger charge is 2.59. The fourth-order valence-corrected chi connectivity index (χ4v) is 3.61. The molecule has 2 aliphatic rings. The zero-order valence-corrected chi connectivity index (χ0v) is 13.4. The van der Waals surface area contributed by atoms with Crippen LogP contribution in [0.3, 0.4) is 0 Å². The third-order valence-corrected chi connectivity index (χ3v) is 5.02. The molecule has 5 N–H and O–H groups in total. The number of rotatable bonds is 1. The first-order valence-corrected chi connectivity index (χ1v) is 8.44. The van der Waals surface area contributed by atoms with Crippen LogP contribution in [0, 0.1) is 3.57 Å². The van der Waals surface area contributed by atoms with Gasteiger partial charge < -0.3 is 15.6 Å². The lowest BCUT2D eigenvalue weighted by molar-refractivity contribution is -0.0763.